The van der Waals surface area contributed by atoms with Gasteiger partial charge in [0.1, 0.15) is 16.9 Å². The number of aryl methyl sites for hydroxylation is 3. The van der Waals surface area contributed by atoms with E-state index in [0.717, 1.165) is 11.3 Å². The average Bonchev–Trinajstić information content (AvgIpc) is 2.83. The number of aromatic nitrogens is 2. The van der Waals surface area contributed by atoms with Crippen LogP contribution in [0.4, 0.5) is 5.82 Å². The molecule has 2 aromatic heterocycles. The van der Waals surface area contributed by atoms with Gasteiger partial charge in [0, 0.05) is 11.8 Å². The zero-order valence-corrected chi connectivity index (χ0v) is 13.6. The van der Waals surface area contributed by atoms with Crippen LogP contribution in [0.25, 0.3) is 0 Å². The fourth-order valence-electron chi connectivity index (χ4n) is 1.90. The fourth-order valence-corrected chi connectivity index (χ4v) is 2.92. The summed E-state index contributed by atoms with van der Waals surface area (Å²) in [7, 11) is 0. The molecular formula is C15H16N4O2S. The molecule has 1 atom stereocenters. The molecule has 0 aromatic carbocycles. The predicted octanol–water partition coefficient (Wildman–Crippen LogP) is 2.99. The molecule has 2 heterocycles. The maximum absolute atomic E-state index is 12.2. The van der Waals surface area contributed by atoms with Gasteiger partial charge < -0.3 is 9.84 Å². The Balaban J connectivity index is 2.13. The summed E-state index contributed by atoms with van der Waals surface area (Å²) in [4.78, 5) is 16.5. The molecular weight excluding hydrogens is 300 g/mol. The Kier molecular flexibility index (Phi) is 4.83. The van der Waals surface area contributed by atoms with Crippen molar-refractivity contribution in [2.24, 2.45) is 0 Å². The number of thioether (sulfide) groups is 1. The second kappa shape index (κ2) is 6.62. The number of hydrogen-bond donors (Lipinski definition) is 1. The monoisotopic (exact) mass is 316 g/mol. The zero-order valence-electron chi connectivity index (χ0n) is 12.8. The van der Waals surface area contributed by atoms with E-state index in [0.29, 0.717) is 22.2 Å². The number of anilines is 1. The molecule has 1 N–H and O–H groups in total. The van der Waals surface area contributed by atoms with Gasteiger partial charge in [-0.05, 0) is 39.3 Å². The van der Waals surface area contributed by atoms with Gasteiger partial charge in [0.2, 0.25) is 5.91 Å². The van der Waals surface area contributed by atoms with E-state index in [2.05, 4.69) is 21.5 Å². The van der Waals surface area contributed by atoms with Crippen LogP contribution in [0.15, 0.2) is 21.7 Å². The van der Waals surface area contributed by atoms with Crippen LogP contribution in [0.5, 0.6) is 0 Å². The molecule has 114 valence electrons. The topological polar surface area (TPSA) is 91.8 Å². The number of pyridine rings is 1. The average molecular weight is 316 g/mol. The molecule has 7 heteroatoms. The van der Waals surface area contributed by atoms with Crippen LogP contribution in [-0.4, -0.2) is 21.3 Å². The third kappa shape index (κ3) is 3.65. The van der Waals surface area contributed by atoms with E-state index in [1.54, 1.807) is 19.9 Å². The van der Waals surface area contributed by atoms with Crippen molar-refractivity contribution in [2.75, 3.05) is 5.32 Å². The van der Waals surface area contributed by atoms with E-state index in [1.807, 2.05) is 19.9 Å². The van der Waals surface area contributed by atoms with Crippen molar-refractivity contribution < 1.29 is 9.32 Å². The molecule has 0 aliphatic rings. The molecule has 22 heavy (non-hydrogen) atoms. The van der Waals surface area contributed by atoms with E-state index >= 15 is 0 Å². The Morgan fingerprint density at radius 1 is 1.41 bits per heavy atom. The molecule has 0 aliphatic carbocycles. The van der Waals surface area contributed by atoms with Gasteiger partial charge in [-0.25, -0.2) is 4.98 Å². The first-order valence-corrected chi connectivity index (χ1v) is 7.58. The molecule has 0 fully saturated rings. The highest BCUT2D eigenvalue weighted by Gasteiger charge is 2.19. The number of carbonyl (C=O) groups excluding carboxylic acids is 1. The smallest absolute Gasteiger partial charge is 0.238 e. The van der Waals surface area contributed by atoms with Gasteiger partial charge in [-0.15, -0.1) is 0 Å². The van der Waals surface area contributed by atoms with Gasteiger partial charge >= 0.3 is 0 Å². The Hall–Kier alpha value is -2.33. The maximum Gasteiger partial charge on any atom is 0.238 e. The second-order valence-corrected chi connectivity index (χ2v) is 6.27. The van der Waals surface area contributed by atoms with Crippen molar-refractivity contribution in [1.82, 2.24) is 10.1 Å². The highest BCUT2D eigenvalue weighted by molar-refractivity contribution is 8.00. The normalized spacial score (nSPS) is 11.8. The first kappa shape index (κ1) is 16.0. The Bertz CT molecular complexity index is 748. The van der Waals surface area contributed by atoms with Crippen LogP contribution in [0.3, 0.4) is 0 Å². The molecule has 0 bridgehead atoms. The van der Waals surface area contributed by atoms with Crippen molar-refractivity contribution in [2.45, 2.75) is 38.0 Å². The minimum absolute atomic E-state index is 0.219. The third-order valence-corrected chi connectivity index (χ3v) is 4.05. The van der Waals surface area contributed by atoms with Gasteiger partial charge in [0.05, 0.1) is 10.8 Å². The Labute approximate surface area is 132 Å². The fraction of sp³-hybridized carbons (Fsp3) is 0.333. The summed E-state index contributed by atoms with van der Waals surface area (Å²) in [5.74, 6) is 0.783. The third-order valence-electron chi connectivity index (χ3n) is 2.96. The van der Waals surface area contributed by atoms with E-state index in [-0.39, 0.29) is 5.91 Å². The molecule has 2 rings (SSSR count). The highest BCUT2D eigenvalue weighted by atomic mass is 32.2. The number of nitriles is 1. The quantitative estimate of drug-likeness (QED) is 0.872. The van der Waals surface area contributed by atoms with Crippen molar-refractivity contribution in [3.63, 3.8) is 0 Å². The number of carbonyl (C=O) groups is 1. The molecule has 0 spiro atoms. The largest absolute Gasteiger partial charge is 0.360 e. The molecule has 2 aromatic rings. The number of rotatable bonds is 4. The molecule has 0 radical (unpaired) electrons. The Morgan fingerprint density at radius 2 is 2.14 bits per heavy atom. The van der Waals surface area contributed by atoms with Gasteiger partial charge in [0.25, 0.3) is 0 Å². The molecule has 0 aliphatic heterocycles. The first-order valence-electron chi connectivity index (χ1n) is 6.70. The molecule has 1 amide bonds. The maximum atomic E-state index is 12.2. The van der Waals surface area contributed by atoms with E-state index < -0.39 is 5.25 Å². The Morgan fingerprint density at radius 3 is 2.73 bits per heavy atom. The van der Waals surface area contributed by atoms with Crippen molar-refractivity contribution >= 4 is 23.5 Å². The summed E-state index contributed by atoms with van der Waals surface area (Å²) in [6, 6.07) is 5.64. The summed E-state index contributed by atoms with van der Waals surface area (Å²) in [6.07, 6.45) is 0. The van der Waals surface area contributed by atoms with Crippen LogP contribution in [0.2, 0.25) is 0 Å². The first-order chi connectivity index (χ1) is 10.4. The van der Waals surface area contributed by atoms with Crippen molar-refractivity contribution in [1.29, 1.82) is 5.26 Å². The lowest BCUT2D eigenvalue weighted by Crippen LogP contribution is -2.22. The second-order valence-electron chi connectivity index (χ2n) is 4.94. The summed E-state index contributed by atoms with van der Waals surface area (Å²) in [6.45, 7) is 7.23. The van der Waals surface area contributed by atoms with Crippen LogP contribution in [-0.2, 0) is 4.79 Å². The van der Waals surface area contributed by atoms with E-state index in [1.165, 1.54) is 11.8 Å². The van der Waals surface area contributed by atoms with Crippen LogP contribution < -0.4 is 5.32 Å². The van der Waals surface area contributed by atoms with Crippen LogP contribution in [0, 0.1) is 32.1 Å². The van der Waals surface area contributed by atoms with Crippen LogP contribution >= 0.6 is 11.8 Å². The lowest BCUT2D eigenvalue weighted by molar-refractivity contribution is -0.115. The summed E-state index contributed by atoms with van der Waals surface area (Å²) in [5.41, 5.74) is 2.18. The number of hydrogen-bond acceptors (Lipinski definition) is 6. The highest BCUT2D eigenvalue weighted by Crippen LogP contribution is 2.27. The molecule has 0 unspecified atom stereocenters. The van der Waals surface area contributed by atoms with Crippen LogP contribution in [0.1, 0.15) is 29.5 Å². The van der Waals surface area contributed by atoms with Crippen molar-refractivity contribution in [3.05, 3.63) is 34.7 Å². The van der Waals surface area contributed by atoms with Gasteiger partial charge in [-0.2, -0.15) is 5.26 Å². The van der Waals surface area contributed by atoms with Crippen molar-refractivity contribution in [3.8, 4) is 6.07 Å². The lowest BCUT2D eigenvalue weighted by Gasteiger charge is -2.12. The zero-order chi connectivity index (χ0) is 16.3. The number of nitrogens with zero attached hydrogens (tertiary/aromatic N) is 3. The van der Waals surface area contributed by atoms with E-state index in [9.17, 15) is 10.1 Å². The van der Waals surface area contributed by atoms with E-state index in [4.69, 9.17) is 4.52 Å². The van der Waals surface area contributed by atoms with Gasteiger partial charge in [-0.3, -0.25) is 4.79 Å². The minimum Gasteiger partial charge on any atom is -0.360 e. The molecule has 0 saturated carbocycles. The SMILES string of the molecule is Cc1cc(C)c(C#N)c(S[C@@H](C)C(=O)Nc2cc(C)on2)n1. The molecule has 6 nitrogen and oxygen atoms in total. The minimum atomic E-state index is -0.419. The standard InChI is InChI=1S/C15H16N4O2S/c1-8-5-9(2)17-15(12(8)7-16)22-11(4)14(20)18-13-6-10(3)21-19-13/h5-6,11H,1-4H3,(H,18,19,20)/t11-/m0/s1. The van der Waals surface area contributed by atoms with Gasteiger partial charge in [-0.1, -0.05) is 16.9 Å². The number of nitrogens with one attached hydrogen (secondary N) is 1. The summed E-state index contributed by atoms with van der Waals surface area (Å²) < 4.78 is 4.90. The summed E-state index contributed by atoms with van der Waals surface area (Å²) >= 11 is 1.25. The summed E-state index contributed by atoms with van der Waals surface area (Å²) in [5, 5.41) is 15.8. The van der Waals surface area contributed by atoms with Gasteiger partial charge in [0.15, 0.2) is 5.82 Å². The number of amides is 1. The predicted molar refractivity (Wildman–Crippen MR) is 83.6 cm³/mol. The lowest BCUT2D eigenvalue weighted by atomic mass is 10.1. The molecule has 0 saturated heterocycles.